The molecule has 2 heterocycles. The van der Waals surface area contributed by atoms with Gasteiger partial charge in [0.1, 0.15) is 5.75 Å². The molecule has 0 atom stereocenters. The second-order valence-corrected chi connectivity index (χ2v) is 7.00. The first kappa shape index (κ1) is 21.3. The molecule has 0 saturated carbocycles. The fourth-order valence-electron chi connectivity index (χ4n) is 3.30. The molecule has 0 aliphatic carbocycles. The number of fused-ring (bicyclic) bond motifs is 1. The largest absolute Gasteiger partial charge is 0.493 e. The van der Waals surface area contributed by atoms with Crippen LogP contribution in [-0.4, -0.2) is 39.4 Å². The molecule has 0 fully saturated rings. The summed E-state index contributed by atoms with van der Waals surface area (Å²) in [6.07, 6.45) is -5.00. The minimum Gasteiger partial charge on any atom is -0.493 e. The van der Waals surface area contributed by atoms with E-state index in [1.165, 1.54) is 12.1 Å². The third kappa shape index (κ3) is 4.56. The van der Waals surface area contributed by atoms with Crippen molar-refractivity contribution in [2.75, 3.05) is 13.4 Å². The molecule has 11 heteroatoms. The SMILES string of the molecule is O=C(O)COc1cccc(Cn2nc(C(F)(F)F)c(Cc3ccc4c(c3)OCO4)c2O)c1. The lowest BCUT2D eigenvalue weighted by Gasteiger charge is -2.08. The maximum atomic E-state index is 13.6. The molecule has 2 aromatic carbocycles. The molecule has 32 heavy (non-hydrogen) atoms. The Morgan fingerprint density at radius 3 is 2.66 bits per heavy atom. The lowest BCUT2D eigenvalue weighted by atomic mass is 10.0. The minimum atomic E-state index is -4.78. The summed E-state index contributed by atoms with van der Waals surface area (Å²) >= 11 is 0. The van der Waals surface area contributed by atoms with Crippen molar-refractivity contribution in [3.63, 3.8) is 0 Å². The number of hydrogen-bond donors (Lipinski definition) is 2. The van der Waals surface area contributed by atoms with Crippen LogP contribution in [-0.2, 0) is 23.9 Å². The second kappa shape index (κ2) is 8.33. The quantitative estimate of drug-likeness (QED) is 0.569. The predicted molar refractivity (Wildman–Crippen MR) is 103 cm³/mol. The van der Waals surface area contributed by atoms with Crippen molar-refractivity contribution in [2.45, 2.75) is 19.1 Å². The summed E-state index contributed by atoms with van der Waals surface area (Å²) in [4.78, 5) is 10.6. The molecular weight excluding hydrogens is 433 g/mol. The highest BCUT2D eigenvalue weighted by Gasteiger charge is 2.39. The predicted octanol–water partition coefficient (Wildman–Crippen LogP) is 3.44. The molecule has 1 aromatic heterocycles. The molecule has 0 bridgehead atoms. The molecule has 0 amide bonds. The minimum absolute atomic E-state index is 0.0328. The van der Waals surface area contributed by atoms with Crippen LogP contribution in [0.2, 0.25) is 0 Å². The molecule has 1 aliphatic rings. The van der Waals surface area contributed by atoms with Crippen molar-refractivity contribution < 1.29 is 42.4 Å². The van der Waals surface area contributed by atoms with Gasteiger partial charge in [0.25, 0.3) is 0 Å². The van der Waals surface area contributed by atoms with Crippen molar-refractivity contribution in [1.29, 1.82) is 0 Å². The van der Waals surface area contributed by atoms with Gasteiger partial charge in [-0.15, -0.1) is 0 Å². The zero-order chi connectivity index (χ0) is 22.9. The Morgan fingerprint density at radius 1 is 1.12 bits per heavy atom. The van der Waals surface area contributed by atoms with E-state index in [0.29, 0.717) is 22.6 Å². The normalized spacial score (nSPS) is 12.7. The van der Waals surface area contributed by atoms with Crippen LogP contribution in [0.3, 0.4) is 0 Å². The Labute approximate surface area is 179 Å². The first-order valence-corrected chi connectivity index (χ1v) is 9.38. The summed E-state index contributed by atoms with van der Waals surface area (Å²) in [6, 6.07) is 10.9. The number of hydrogen-bond acceptors (Lipinski definition) is 6. The van der Waals surface area contributed by atoms with Gasteiger partial charge in [-0.2, -0.15) is 18.3 Å². The fraction of sp³-hybridized carbons (Fsp3) is 0.238. The third-order valence-corrected chi connectivity index (χ3v) is 4.70. The van der Waals surface area contributed by atoms with Crippen LogP contribution in [0.4, 0.5) is 13.2 Å². The summed E-state index contributed by atoms with van der Waals surface area (Å²) < 4.78 is 57.3. The average Bonchev–Trinajstić information content (AvgIpc) is 3.32. The topological polar surface area (TPSA) is 103 Å². The summed E-state index contributed by atoms with van der Waals surface area (Å²) in [6.45, 7) is -0.709. The van der Waals surface area contributed by atoms with Gasteiger partial charge in [0.15, 0.2) is 23.8 Å². The van der Waals surface area contributed by atoms with Crippen LogP contribution >= 0.6 is 0 Å². The third-order valence-electron chi connectivity index (χ3n) is 4.70. The van der Waals surface area contributed by atoms with E-state index in [-0.39, 0.29) is 31.1 Å². The van der Waals surface area contributed by atoms with Crippen LogP contribution in [0, 0.1) is 0 Å². The number of halogens is 3. The first-order chi connectivity index (χ1) is 15.2. The van der Waals surface area contributed by atoms with Crippen LogP contribution < -0.4 is 14.2 Å². The van der Waals surface area contributed by atoms with Gasteiger partial charge in [-0.3, -0.25) is 0 Å². The fourth-order valence-corrected chi connectivity index (χ4v) is 3.30. The van der Waals surface area contributed by atoms with E-state index in [2.05, 4.69) is 5.10 Å². The number of carboxylic acid groups (broad SMARTS) is 1. The van der Waals surface area contributed by atoms with Gasteiger partial charge >= 0.3 is 12.1 Å². The van der Waals surface area contributed by atoms with Crippen LogP contribution in [0.15, 0.2) is 42.5 Å². The van der Waals surface area contributed by atoms with Crippen LogP contribution in [0.5, 0.6) is 23.1 Å². The van der Waals surface area contributed by atoms with E-state index in [1.54, 1.807) is 30.3 Å². The molecule has 0 radical (unpaired) electrons. The summed E-state index contributed by atoms with van der Waals surface area (Å²) in [7, 11) is 0. The number of aliphatic carboxylic acids is 1. The number of carboxylic acids is 1. The van der Waals surface area contributed by atoms with E-state index < -0.39 is 30.3 Å². The molecule has 8 nitrogen and oxygen atoms in total. The number of benzene rings is 2. The van der Waals surface area contributed by atoms with Crippen LogP contribution in [0.25, 0.3) is 0 Å². The second-order valence-electron chi connectivity index (χ2n) is 7.00. The Morgan fingerprint density at radius 2 is 1.91 bits per heavy atom. The van der Waals surface area contributed by atoms with Gasteiger partial charge < -0.3 is 24.4 Å². The van der Waals surface area contributed by atoms with Gasteiger partial charge in [0.2, 0.25) is 12.7 Å². The molecule has 168 valence electrons. The number of nitrogens with zero attached hydrogens (tertiary/aromatic N) is 2. The van der Waals surface area contributed by atoms with Crippen molar-refractivity contribution >= 4 is 5.97 Å². The number of aromatic nitrogens is 2. The number of aromatic hydroxyl groups is 1. The van der Waals surface area contributed by atoms with Gasteiger partial charge in [0, 0.05) is 6.42 Å². The monoisotopic (exact) mass is 450 g/mol. The highest BCUT2D eigenvalue weighted by atomic mass is 19.4. The highest BCUT2D eigenvalue weighted by Crippen LogP contribution is 2.38. The summed E-state index contributed by atoms with van der Waals surface area (Å²) in [5, 5.41) is 22.9. The number of alkyl halides is 3. The number of carbonyl (C=O) groups is 1. The first-order valence-electron chi connectivity index (χ1n) is 9.38. The standard InChI is InChI=1S/C21H17F3N2O6/c22-21(23,24)19-15(7-12-4-5-16-17(8-12)32-11-31-16)20(29)26(25-19)9-13-2-1-3-14(6-13)30-10-18(27)28/h1-6,8,29H,7,9-11H2,(H,27,28). The van der Waals surface area contributed by atoms with E-state index in [9.17, 15) is 23.1 Å². The molecule has 4 rings (SSSR count). The van der Waals surface area contributed by atoms with E-state index in [4.69, 9.17) is 19.3 Å². The maximum absolute atomic E-state index is 13.6. The Hall–Kier alpha value is -3.89. The Balaban J connectivity index is 1.62. The lowest BCUT2D eigenvalue weighted by Crippen LogP contribution is -2.11. The van der Waals surface area contributed by atoms with E-state index >= 15 is 0 Å². The Bertz CT molecular complexity index is 1160. The van der Waals surface area contributed by atoms with E-state index in [0.717, 1.165) is 4.68 Å². The smallest absolute Gasteiger partial charge is 0.435 e. The zero-order valence-corrected chi connectivity index (χ0v) is 16.4. The van der Waals surface area contributed by atoms with Crippen molar-refractivity contribution in [1.82, 2.24) is 9.78 Å². The number of rotatable bonds is 7. The zero-order valence-electron chi connectivity index (χ0n) is 16.4. The van der Waals surface area contributed by atoms with Crippen molar-refractivity contribution in [3.05, 3.63) is 64.8 Å². The molecule has 3 aromatic rings. The summed E-state index contributed by atoms with van der Waals surface area (Å²) in [5.74, 6) is -0.640. The molecular formula is C21H17F3N2O6. The van der Waals surface area contributed by atoms with Crippen molar-refractivity contribution in [2.24, 2.45) is 0 Å². The van der Waals surface area contributed by atoms with Crippen molar-refractivity contribution in [3.8, 4) is 23.1 Å². The highest BCUT2D eigenvalue weighted by molar-refractivity contribution is 5.68. The molecule has 0 saturated heterocycles. The molecule has 0 unspecified atom stereocenters. The molecule has 2 N–H and O–H groups in total. The maximum Gasteiger partial charge on any atom is 0.435 e. The van der Waals surface area contributed by atoms with Gasteiger partial charge in [0.05, 0.1) is 12.1 Å². The number of ether oxygens (including phenoxy) is 3. The van der Waals surface area contributed by atoms with E-state index in [1.807, 2.05) is 0 Å². The van der Waals surface area contributed by atoms with Gasteiger partial charge in [-0.1, -0.05) is 18.2 Å². The van der Waals surface area contributed by atoms with Crippen LogP contribution in [0.1, 0.15) is 22.4 Å². The van der Waals surface area contributed by atoms with Gasteiger partial charge in [-0.25, -0.2) is 9.48 Å². The summed E-state index contributed by atoms with van der Waals surface area (Å²) in [5.41, 5.74) is -0.603. The molecule has 0 spiro atoms. The average molecular weight is 450 g/mol. The molecule has 1 aliphatic heterocycles. The Kier molecular flexibility index (Phi) is 5.56. The lowest BCUT2D eigenvalue weighted by molar-refractivity contribution is -0.142. The van der Waals surface area contributed by atoms with Gasteiger partial charge in [-0.05, 0) is 35.4 Å².